The molecule has 0 spiro atoms. The lowest BCUT2D eigenvalue weighted by Crippen LogP contribution is -2.31. The van der Waals surface area contributed by atoms with Gasteiger partial charge in [-0.05, 0) is 6.07 Å². The van der Waals surface area contributed by atoms with Gasteiger partial charge in [0.15, 0.2) is 0 Å². The van der Waals surface area contributed by atoms with Gasteiger partial charge in [0.05, 0.1) is 21.4 Å². The van der Waals surface area contributed by atoms with E-state index < -0.39 is 22.7 Å². The zero-order chi connectivity index (χ0) is 14.6. The number of hydrogen-bond acceptors (Lipinski definition) is 4. The van der Waals surface area contributed by atoms with Gasteiger partial charge in [-0.25, -0.2) is 0 Å². The number of carboxylic acid groups (broad SMARTS) is 1. The van der Waals surface area contributed by atoms with E-state index in [4.69, 9.17) is 16.7 Å². The fourth-order valence-electron chi connectivity index (χ4n) is 1.23. The molecule has 1 amide bonds. The predicted molar refractivity (Wildman–Crippen MR) is 67.2 cm³/mol. The first-order valence-electron chi connectivity index (χ1n) is 5.28. The maximum absolute atomic E-state index is 11.7. The number of rotatable bonds is 5. The highest BCUT2D eigenvalue weighted by Crippen LogP contribution is 2.22. The van der Waals surface area contributed by atoms with Crippen molar-refractivity contribution in [3.8, 4) is 0 Å². The van der Waals surface area contributed by atoms with Gasteiger partial charge < -0.3 is 10.4 Å². The molecule has 2 N–H and O–H groups in total. The number of halogens is 1. The van der Waals surface area contributed by atoms with Crippen molar-refractivity contribution in [1.82, 2.24) is 5.32 Å². The monoisotopic (exact) mass is 286 g/mol. The standard InChI is InChI=1S/C11H11ClN2O5/c1-6(11(16)17)5-13-10(15)8-3-2-7(14(18)19)4-9(8)12/h2-4,6H,5H2,1H3,(H,13,15)(H,16,17). The first kappa shape index (κ1) is 14.9. The predicted octanol–water partition coefficient (Wildman–Crippen LogP) is 1.70. The van der Waals surface area contributed by atoms with E-state index in [0.717, 1.165) is 12.1 Å². The smallest absolute Gasteiger partial charge is 0.308 e. The lowest BCUT2D eigenvalue weighted by Gasteiger charge is -2.09. The van der Waals surface area contributed by atoms with Gasteiger partial charge in [0, 0.05) is 18.7 Å². The quantitative estimate of drug-likeness (QED) is 0.632. The Kier molecular flexibility index (Phi) is 4.82. The summed E-state index contributed by atoms with van der Waals surface area (Å²) >= 11 is 5.76. The van der Waals surface area contributed by atoms with Crippen LogP contribution < -0.4 is 5.32 Å². The molecule has 1 rings (SSSR count). The number of amides is 1. The SMILES string of the molecule is CC(CNC(=O)c1ccc([N+](=O)[O-])cc1Cl)C(=O)O. The molecule has 0 bridgehead atoms. The number of nitrogens with one attached hydrogen (secondary N) is 1. The van der Waals surface area contributed by atoms with Crippen LogP contribution in [0, 0.1) is 16.0 Å². The van der Waals surface area contributed by atoms with Gasteiger partial charge >= 0.3 is 5.97 Å². The third kappa shape index (κ3) is 3.92. The average molecular weight is 287 g/mol. The summed E-state index contributed by atoms with van der Waals surface area (Å²) in [6.45, 7) is 1.39. The summed E-state index contributed by atoms with van der Waals surface area (Å²) in [6, 6.07) is 3.44. The van der Waals surface area contributed by atoms with Gasteiger partial charge in [-0.15, -0.1) is 0 Å². The molecule has 1 atom stereocenters. The number of non-ortho nitro benzene ring substituents is 1. The molecule has 0 fully saturated rings. The molecule has 0 aliphatic rings. The van der Waals surface area contributed by atoms with Crippen molar-refractivity contribution in [3.05, 3.63) is 38.9 Å². The normalized spacial score (nSPS) is 11.7. The molecule has 1 aromatic carbocycles. The van der Waals surface area contributed by atoms with Gasteiger partial charge in [-0.3, -0.25) is 19.7 Å². The van der Waals surface area contributed by atoms with E-state index in [-0.39, 0.29) is 22.8 Å². The second-order valence-corrected chi connectivity index (χ2v) is 4.28. The fraction of sp³-hybridized carbons (Fsp3) is 0.273. The lowest BCUT2D eigenvalue weighted by atomic mass is 10.1. The summed E-state index contributed by atoms with van der Waals surface area (Å²) < 4.78 is 0. The van der Waals surface area contributed by atoms with Crippen molar-refractivity contribution >= 4 is 29.2 Å². The van der Waals surface area contributed by atoms with E-state index >= 15 is 0 Å². The van der Waals surface area contributed by atoms with Crippen molar-refractivity contribution in [3.63, 3.8) is 0 Å². The minimum atomic E-state index is -1.03. The molecule has 8 heteroatoms. The molecule has 1 aromatic rings. The summed E-state index contributed by atoms with van der Waals surface area (Å²) in [5.41, 5.74) is -0.162. The van der Waals surface area contributed by atoms with Crippen LogP contribution in [-0.2, 0) is 4.79 Å². The Morgan fingerprint density at radius 2 is 2.16 bits per heavy atom. The van der Waals surface area contributed by atoms with Gasteiger partial charge in [0.25, 0.3) is 11.6 Å². The molecule has 7 nitrogen and oxygen atoms in total. The summed E-state index contributed by atoms with van der Waals surface area (Å²) in [5.74, 6) is -2.34. The average Bonchev–Trinajstić information content (AvgIpc) is 2.34. The molecule has 0 radical (unpaired) electrons. The summed E-state index contributed by atoms with van der Waals surface area (Å²) in [6.07, 6.45) is 0. The van der Waals surface area contributed by atoms with Crippen LogP contribution in [0.1, 0.15) is 17.3 Å². The van der Waals surface area contributed by atoms with Gasteiger partial charge in [0.2, 0.25) is 0 Å². The summed E-state index contributed by atoms with van der Waals surface area (Å²) in [4.78, 5) is 32.2. The van der Waals surface area contributed by atoms with Gasteiger partial charge in [0.1, 0.15) is 0 Å². The zero-order valence-electron chi connectivity index (χ0n) is 9.92. The van der Waals surface area contributed by atoms with Gasteiger partial charge in [-0.1, -0.05) is 18.5 Å². The van der Waals surface area contributed by atoms with Crippen LogP contribution >= 0.6 is 11.6 Å². The molecule has 19 heavy (non-hydrogen) atoms. The van der Waals surface area contributed by atoms with Crippen molar-refractivity contribution < 1.29 is 19.6 Å². The van der Waals surface area contributed by atoms with Crippen molar-refractivity contribution in [2.45, 2.75) is 6.92 Å². The summed E-state index contributed by atoms with van der Waals surface area (Å²) in [7, 11) is 0. The van der Waals surface area contributed by atoms with Gasteiger partial charge in [-0.2, -0.15) is 0 Å². The number of nitro groups is 1. The Morgan fingerprint density at radius 1 is 1.53 bits per heavy atom. The molecule has 0 saturated carbocycles. The van der Waals surface area contributed by atoms with E-state index in [1.807, 2.05) is 0 Å². The van der Waals surface area contributed by atoms with Crippen LogP contribution in [-0.4, -0.2) is 28.5 Å². The molecule has 0 aromatic heterocycles. The Morgan fingerprint density at radius 3 is 2.63 bits per heavy atom. The number of benzene rings is 1. The van der Waals surface area contributed by atoms with Crippen molar-refractivity contribution in [2.75, 3.05) is 6.54 Å². The summed E-state index contributed by atoms with van der Waals surface area (Å²) in [5, 5.41) is 21.5. The first-order chi connectivity index (χ1) is 8.82. The van der Waals surface area contributed by atoms with Crippen molar-refractivity contribution in [2.24, 2.45) is 5.92 Å². The largest absolute Gasteiger partial charge is 0.481 e. The number of aliphatic carboxylic acids is 1. The Balaban J connectivity index is 2.78. The van der Waals surface area contributed by atoms with Crippen LogP contribution in [0.3, 0.4) is 0 Å². The van der Waals surface area contributed by atoms with Crippen LogP contribution in [0.5, 0.6) is 0 Å². The number of carboxylic acids is 1. The van der Waals surface area contributed by atoms with Crippen LogP contribution in [0.4, 0.5) is 5.69 Å². The highest BCUT2D eigenvalue weighted by molar-refractivity contribution is 6.34. The number of nitro benzene ring substituents is 1. The number of hydrogen-bond donors (Lipinski definition) is 2. The number of carbonyl (C=O) groups is 2. The fourth-order valence-corrected chi connectivity index (χ4v) is 1.49. The van der Waals surface area contributed by atoms with Crippen LogP contribution in [0.2, 0.25) is 5.02 Å². The van der Waals surface area contributed by atoms with E-state index in [9.17, 15) is 19.7 Å². The second kappa shape index (κ2) is 6.14. The third-order valence-electron chi connectivity index (χ3n) is 2.40. The molecule has 0 heterocycles. The van der Waals surface area contributed by atoms with Crippen molar-refractivity contribution in [1.29, 1.82) is 0 Å². The Labute approximate surface area is 113 Å². The number of carbonyl (C=O) groups excluding carboxylic acids is 1. The zero-order valence-corrected chi connectivity index (χ0v) is 10.7. The molecular weight excluding hydrogens is 276 g/mol. The topological polar surface area (TPSA) is 110 Å². The Bertz CT molecular complexity index is 532. The van der Waals surface area contributed by atoms with E-state index in [0.29, 0.717) is 0 Å². The minimum absolute atomic E-state index is 0.0541. The Hall–Kier alpha value is -2.15. The maximum Gasteiger partial charge on any atom is 0.308 e. The minimum Gasteiger partial charge on any atom is -0.481 e. The number of nitrogens with zero attached hydrogens (tertiary/aromatic N) is 1. The molecule has 0 aliphatic heterocycles. The highest BCUT2D eigenvalue weighted by Gasteiger charge is 2.17. The third-order valence-corrected chi connectivity index (χ3v) is 2.71. The highest BCUT2D eigenvalue weighted by atomic mass is 35.5. The molecular formula is C11H11ClN2O5. The first-order valence-corrected chi connectivity index (χ1v) is 5.65. The van der Waals surface area contributed by atoms with E-state index in [1.165, 1.54) is 13.0 Å². The van der Waals surface area contributed by atoms with E-state index in [2.05, 4.69) is 5.32 Å². The van der Waals surface area contributed by atoms with Crippen LogP contribution in [0.15, 0.2) is 18.2 Å². The molecule has 0 aliphatic carbocycles. The lowest BCUT2D eigenvalue weighted by molar-refractivity contribution is -0.384. The van der Waals surface area contributed by atoms with Crippen LogP contribution in [0.25, 0.3) is 0 Å². The maximum atomic E-state index is 11.7. The van der Waals surface area contributed by atoms with E-state index in [1.54, 1.807) is 0 Å². The molecule has 1 unspecified atom stereocenters. The molecule has 102 valence electrons. The molecule has 0 saturated heterocycles. The second-order valence-electron chi connectivity index (χ2n) is 3.87.